The Balaban J connectivity index is 1.63. The van der Waals surface area contributed by atoms with E-state index < -0.39 is 0 Å². The van der Waals surface area contributed by atoms with E-state index in [1.54, 1.807) is 0 Å². The molecule has 4 heteroatoms. The molecule has 4 nitrogen and oxygen atoms in total. The van der Waals surface area contributed by atoms with Crippen LogP contribution < -0.4 is 0 Å². The molecule has 2 amide bonds. The smallest absolute Gasteiger partial charge is 0.245 e. The van der Waals surface area contributed by atoms with Gasteiger partial charge in [0.15, 0.2) is 0 Å². The van der Waals surface area contributed by atoms with E-state index in [0.717, 1.165) is 38.3 Å². The number of amides is 2. The molecule has 3 rings (SSSR count). The molecule has 3 fully saturated rings. The van der Waals surface area contributed by atoms with Crippen molar-refractivity contribution >= 4 is 11.8 Å². The molecule has 0 aromatic heterocycles. The summed E-state index contributed by atoms with van der Waals surface area (Å²) in [6, 6.07) is -0.138. The standard InChI is InChI=1S/C14H22N2O2/c17-13-7-10-15(9-6-11-3-1-4-11)14(18)12-5-2-8-16(12)13/h11-12H,1-10H2. The molecule has 0 spiro atoms. The van der Waals surface area contributed by atoms with E-state index in [1.807, 2.05) is 9.80 Å². The zero-order valence-electron chi connectivity index (χ0n) is 10.9. The first-order chi connectivity index (χ1) is 8.75. The van der Waals surface area contributed by atoms with Crippen LogP contribution in [0.25, 0.3) is 0 Å². The maximum atomic E-state index is 12.4. The molecule has 0 aromatic rings. The van der Waals surface area contributed by atoms with E-state index in [2.05, 4.69) is 0 Å². The normalized spacial score (nSPS) is 29.2. The highest BCUT2D eigenvalue weighted by atomic mass is 16.2. The van der Waals surface area contributed by atoms with Gasteiger partial charge in [-0.25, -0.2) is 0 Å². The largest absolute Gasteiger partial charge is 0.340 e. The van der Waals surface area contributed by atoms with Crippen LogP contribution in [0.5, 0.6) is 0 Å². The second-order valence-corrected chi connectivity index (χ2v) is 5.91. The molecule has 1 unspecified atom stereocenters. The summed E-state index contributed by atoms with van der Waals surface area (Å²) in [5, 5.41) is 0. The number of hydrogen-bond acceptors (Lipinski definition) is 2. The SMILES string of the molecule is O=C1C2CCCN2C(=O)CCN1CCC1CCC1. The van der Waals surface area contributed by atoms with Gasteiger partial charge in [0.1, 0.15) is 6.04 Å². The van der Waals surface area contributed by atoms with Gasteiger partial charge in [-0.1, -0.05) is 19.3 Å². The van der Waals surface area contributed by atoms with Crippen molar-refractivity contribution in [2.24, 2.45) is 5.92 Å². The van der Waals surface area contributed by atoms with Gasteiger partial charge in [0.25, 0.3) is 0 Å². The summed E-state index contributed by atoms with van der Waals surface area (Å²) in [7, 11) is 0. The number of hydrogen-bond donors (Lipinski definition) is 0. The van der Waals surface area contributed by atoms with Crippen molar-refractivity contribution < 1.29 is 9.59 Å². The van der Waals surface area contributed by atoms with E-state index in [-0.39, 0.29) is 17.9 Å². The highest BCUT2D eigenvalue weighted by Gasteiger charge is 2.39. The molecular weight excluding hydrogens is 228 g/mol. The van der Waals surface area contributed by atoms with E-state index in [0.29, 0.717) is 13.0 Å². The zero-order chi connectivity index (χ0) is 12.5. The topological polar surface area (TPSA) is 40.6 Å². The molecule has 0 N–H and O–H groups in total. The van der Waals surface area contributed by atoms with Gasteiger partial charge in [-0.05, 0) is 25.2 Å². The lowest BCUT2D eigenvalue weighted by atomic mass is 9.83. The summed E-state index contributed by atoms with van der Waals surface area (Å²) in [5.41, 5.74) is 0. The molecule has 0 aromatic carbocycles. The zero-order valence-corrected chi connectivity index (χ0v) is 10.9. The first-order valence-corrected chi connectivity index (χ1v) is 7.34. The van der Waals surface area contributed by atoms with Crippen molar-refractivity contribution in [3.8, 4) is 0 Å². The van der Waals surface area contributed by atoms with Gasteiger partial charge in [-0.15, -0.1) is 0 Å². The monoisotopic (exact) mass is 250 g/mol. The minimum atomic E-state index is -0.138. The lowest BCUT2D eigenvalue weighted by Crippen LogP contribution is -2.44. The van der Waals surface area contributed by atoms with Gasteiger partial charge in [0, 0.05) is 26.1 Å². The molecular formula is C14H22N2O2. The van der Waals surface area contributed by atoms with E-state index in [9.17, 15) is 9.59 Å². The Labute approximate surface area is 108 Å². The first-order valence-electron chi connectivity index (χ1n) is 7.34. The maximum Gasteiger partial charge on any atom is 0.245 e. The summed E-state index contributed by atoms with van der Waals surface area (Å²) in [5.74, 6) is 1.21. The van der Waals surface area contributed by atoms with Gasteiger partial charge < -0.3 is 9.80 Å². The van der Waals surface area contributed by atoms with Gasteiger partial charge in [-0.2, -0.15) is 0 Å². The lowest BCUT2D eigenvalue weighted by molar-refractivity contribution is -0.139. The second-order valence-electron chi connectivity index (χ2n) is 5.91. The molecule has 2 aliphatic heterocycles. The molecule has 2 heterocycles. The predicted molar refractivity (Wildman–Crippen MR) is 67.9 cm³/mol. The van der Waals surface area contributed by atoms with Gasteiger partial charge in [0.2, 0.25) is 11.8 Å². The average molecular weight is 250 g/mol. The maximum absolute atomic E-state index is 12.4. The molecule has 1 aliphatic carbocycles. The molecule has 18 heavy (non-hydrogen) atoms. The Morgan fingerprint density at radius 1 is 1.06 bits per heavy atom. The van der Waals surface area contributed by atoms with Crippen LogP contribution in [0.1, 0.15) is 44.9 Å². The summed E-state index contributed by atoms with van der Waals surface area (Å²) in [6.45, 7) is 2.28. The number of rotatable bonds is 3. The molecule has 100 valence electrons. The summed E-state index contributed by atoms with van der Waals surface area (Å²) < 4.78 is 0. The summed E-state index contributed by atoms with van der Waals surface area (Å²) >= 11 is 0. The van der Waals surface area contributed by atoms with Crippen LogP contribution in [0.4, 0.5) is 0 Å². The minimum absolute atomic E-state index is 0.138. The van der Waals surface area contributed by atoms with E-state index in [4.69, 9.17) is 0 Å². The Morgan fingerprint density at radius 3 is 2.61 bits per heavy atom. The first kappa shape index (κ1) is 12.0. The Bertz CT molecular complexity index is 352. The Hall–Kier alpha value is -1.06. The van der Waals surface area contributed by atoms with Crippen molar-refractivity contribution in [2.45, 2.75) is 51.0 Å². The van der Waals surface area contributed by atoms with Crippen LogP contribution in [-0.2, 0) is 9.59 Å². The highest BCUT2D eigenvalue weighted by molar-refractivity contribution is 5.90. The Morgan fingerprint density at radius 2 is 1.89 bits per heavy atom. The average Bonchev–Trinajstić information content (AvgIpc) is 2.75. The van der Waals surface area contributed by atoms with Crippen LogP contribution in [-0.4, -0.2) is 47.3 Å². The van der Waals surface area contributed by atoms with Crippen LogP contribution in [0.2, 0.25) is 0 Å². The molecule has 0 bridgehead atoms. The number of fused-ring (bicyclic) bond motifs is 1. The fourth-order valence-electron chi connectivity index (χ4n) is 3.36. The molecule has 2 saturated heterocycles. The lowest BCUT2D eigenvalue weighted by Gasteiger charge is -2.30. The fraction of sp³-hybridized carbons (Fsp3) is 0.857. The second kappa shape index (κ2) is 4.90. The quantitative estimate of drug-likeness (QED) is 0.759. The van der Waals surface area contributed by atoms with Crippen molar-refractivity contribution in [3.05, 3.63) is 0 Å². The van der Waals surface area contributed by atoms with Gasteiger partial charge >= 0.3 is 0 Å². The number of carbonyl (C=O) groups is 2. The minimum Gasteiger partial charge on any atom is -0.340 e. The van der Waals surface area contributed by atoms with Crippen molar-refractivity contribution in [2.75, 3.05) is 19.6 Å². The van der Waals surface area contributed by atoms with E-state index in [1.165, 1.54) is 19.3 Å². The third kappa shape index (κ3) is 2.13. The fourth-order valence-corrected chi connectivity index (χ4v) is 3.36. The Kier molecular flexibility index (Phi) is 3.27. The van der Waals surface area contributed by atoms with Crippen LogP contribution in [0, 0.1) is 5.92 Å². The molecule has 3 aliphatic rings. The van der Waals surface area contributed by atoms with Gasteiger partial charge in [-0.3, -0.25) is 9.59 Å². The number of nitrogens with zero attached hydrogens (tertiary/aromatic N) is 2. The molecule has 1 saturated carbocycles. The third-order valence-electron chi connectivity index (χ3n) is 4.80. The number of carbonyl (C=O) groups excluding carboxylic acids is 2. The third-order valence-corrected chi connectivity index (χ3v) is 4.80. The van der Waals surface area contributed by atoms with E-state index >= 15 is 0 Å². The predicted octanol–water partition coefficient (Wildman–Crippen LogP) is 1.40. The van der Waals surface area contributed by atoms with Crippen LogP contribution in [0.3, 0.4) is 0 Å². The van der Waals surface area contributed by atoms with Crippen molar-refractivity contribution in [1.82, 2.24) is 9.80 Å². The van der Waals surface area contributed by atoms with Crippen LogP contribution in [0.15, 0.2) is 0 Å². The molecule has 1 atom stereocenters. The summed E-state index contributed by atoms with van der Waals surface area (Å²) in [6.07, 6.45) is 7.52. The van der Waals surface area contributed by atoms with Gasteiger partial charge in [0.05, 0.1) is 0 Å². The summed E-state index contributed by atoms with van der Waals surface area (Å²) in [4.78, 5) is 28.1. The molecule has 0 radical (unpaired) electrons. The van der Waals surface area contributed by atoms with Crippen LogP contribution >= 0.6 is 0 Å². The van der Waals surface area contributed by atoms with Crippen molar-refractivity contribution in [3.63, 3.8) is 0 Å². The highest BCUT2D eigenvalue weighted by Crippen LogP contribution is 2.30. The van der Waals surface area contributed by atoms with Crippen molar-refractivity contribution in [1.29, 1.82) is 0 Å².